The third kappa shape index (κ3) is 3.37. The molecule has 0 aromatic heterocycles. The van der Waals surface area contributed by atoms with Gasteiger partial charge in [-0.25, -0.2) is 8.78 Å². The van der Waals surface area contributed by atoms with E-state index < -0.39 is 11.6 Å². The molecule has 0 amide bonds. The van der Waals surface area contributed by atoms with Gasteiger partial charge >= 0.3 is 0 Å². The van der Waals surface area contributed by atoms with Gasteiger partial charge in [-0.05, 0) is 56.7 Å². The number of nitrogens with zero attached hydrogens (tertiary/aromatic N) is 1. The van der Waals surface area contributed by atoms with Crippen molar-refractivity contribution in [3.63, 3.8) is 0 Å². The fourth-order valence-corrected chi connectivity index (χ4v) is 3.31. The van der Waals surface area contributed by atoms with Crippen molar-refractivity contribution in [2.24, 2.45) is 5.73 Å². The van der Waals surface area contributed by atoms with Crippen molar-refractivity contribution in [2.75, 3.05) is 4.90 Å². The topological polar surface area (TPSA) is 29.3 Å². The van der Waals surface area contributed by atoms with Crippen LogP contribution in [0.1, 0.15) is 52.0 Å². The maximum atomic E-state index is 14.5. The Hall–Kier alpha value is -1.16. The van der Waals surface area contributed by atoms with Gasteiger partial charge in [0.05, 0.1) is 0 Å². The van der Waals surface area contributed by atoms with Gasteiger partial charge in [-0.3, -0.25) is 0 Å². The van der Waals surface area contributed by atoms with E-state index in [1.807, 2.05) is 18.7 Å². The first-order chi connectivity index (χ1) is 9.97. The summed E-state index contributed by atoms with van der Waals surface area (Å²) >= 11 is 0. The van der Waals surface area contributed by atoms with Crippen LogP contribution in [0.4, 0.5) is 14.5 Å². The van der Waals surface area contributed by atoms with Gasteiger partial charge in [0.2, 0.25) is 0 Å². The molecule has 0 bridgehead atoms. The second kappa shape index (κ2) is 6.73. The molecule has 21 heavy (non-hydrogen) atoms. The van der Waals surface area contributed by atoms with Crippen LogP contribution >= 0.6 is 0 Å². The molecule has 1 saturated heterocycles. The largest absolute Gasteiger partial charge is 0.361 e. The number of rotatable bonds is 5. The highest BCUT2D eigenvalue weighted by Gasteiger charge is 2.33. The summed E-state index contributed by atoms with van der Waals surface area (Å²) in [4.78, 5) is 1.92. The van der Waals surface area contributed by atoms with Crippen LogP contribution in [0.3, 0.4) is 0 Å². The molecule has 3 atom stereocenters. The molecule has 0 spiro atoms. The number of nitrogens with two attached hydrogens (primary N) is 1. The van der Waals surface area contributed by atoms with Gasteiger partial charge in [0.25, 0.3) is 0 Å². The van der Waals surface area contributed by atoms with Crippen LogP contribution in [0.5, 0.6) is 0 Å². The summed E-state index contributed by atoms with van der Waals surface area (Å²) in [7, 11) is 0. The SMILES string of the molecule is CCC(N)Cc1cc(F)c(N2C(C)CCC2CC)c(F)c1. The van der Waals surface area contributed by atoms with Crippen molar-refractivity contribution in [1.82, 2.24) is 0 Å². The van der Waals surface area contributed by atoms with Crippen molar-refractivity contribution >= 4 is 5.69 Å². The van der Waals surface area contributed by atoms with Crippen molar-refractivity contribution < 1.29 is 8.78 Å². The first-order valence-electron chi connectivity index (χ1n) is 7.99. The quantitative estimate of drug-likeness (QED) is 0.889. The van der Waals surface area contributed by atoms with Crippen LogP contribution < -0.4 is 10.6 Å². The number of hydrogen-bond acceptors (Lipinski definition) is 2. The Morgan fingerprint density at radius 3 is 2.38 bits per heavy atom. The van der Waals surface area contributed by atoms with E-state index in [-0.39, 0.29) is 23.8 Å². The van der Waals surface area contributed by atoms with Crippen molar-refractivity contribution in [2.45, 2.75) is 71.0 Å². The Morgan fingerprint density at radius 1 is 1.24 bits per heavy atom. The summed E-state index contributed by atoms with van der Waals surface area (Å²) in [5, 5.41) is 0. The van der Waals surface area contributed by atoms with Gasteiger partial charge in [0.1, 0.15) is 17.3 Å². The lowest BCUT2D eigenvalue weighted by Crippen LogP contribution is -2.35. The molecule has 0 aliphatic carbocycles. The van der Waals surface area contributed by atoms with Crippen molar-refractivity contribution in [1.29, 1.82) is 0 Å². The highest BCUT2D eigenvalue weighted by atomic mass is 19.1. The summed E-state index contributed by atoms with van der Waals surface area (Å²) in [5.41, 5.74) is 6.66. The molecule has 1 heterocycles. The molecule has 3 unspecified atom stereocenters. The van der Waals surface area contributed by atoms with E-state index >= 15 is 0 Å². The van der Waals surface area contributed by atoms with Crippen LogP contribution in [0.15, 0.2) is 12.1 Å². The Bertz CT molecular complexity index is 467. The summed E-state index contributed by atoms with van der Waals surface area (Å²) in [6.45, 7) is 6.08. The molecule has 2 rings (SSSR count). The fourth-order valence-electron chi connectivity index (χ4n) is 3.31. The molecular formula is C17H26F2N2. The first-order valence-corrected chi connectivity index (χ1v) is 7.99. The molecule has 2 N–H and O–H groups in total. The molecule has 1 aromatic rings. The third-order valence-corrected chi connectivity index (χ3v) is 4.61. The fraction of sp³-hybridized carbons (Fsp3) is 0.647. The molecule has 1 aliphatic heterocycles. The lowest BCUT2D eigenvalue weighted by molar-refractivity contribution is 0.538. The van der Waals surface area contributed by atoms with E-state index in [0.717, 1.165) is 25.7 Å². The van der Waals surface area contributed by atoms with Gasteiger partial charge in [-0.2, -0.15) is 0 Å². The average molecular weight is 296 g/mol. The van der Waals surface area contributed by atoms with Gasteiger partial charge in [-0.1, -0.05) is 13.8 Å². The highest BCUT2D eigenvalue weighted by molar-refractivity contribution is 5.53. The van der Waals surface area contributed by atoms with Gasteiger partial charge < -0.3 is 10.6 Å². The van der Waals surface area contributed by atoms with Crippen LogP contribution in [0, 0.1) is 11.6 Å². The minimum atomic E-state index is -0.458. The van der Waals surface area contributed by atoms with E-state index in [0.29, 0.717) is 12.0 Å². The summed E-state index contributed by atoms with van der Waals surface area (Å²) in [6.07, 6.45) is 4.20. The molecule has 1 fully saturated rings. The number of halogens is 2. The third-order valence-electron chi connectivity index (χ3n) is 4.61. The second-order valence-corrected chi connectivity index (χ2v) is 6.18. The van der Waals surface area contributed by atoms with E-state index in [2.05, 4.69) is 6.92 Å². The minimum Gasteiger partial charge on any atom is -0.361 e. The molecular weight excluding hydrogens is 270 g/mol. The molecule has 0 radical (unpaired) electrons. The zero-order valence-corrected chi connectivity index (χ0v) is 13.2. The van der Waals surface area contributed by atoms with E-state index in [9.17, 15) is 8.78 Å². The first kappa shape index (κ1) is 16.2. The summed E-state index contributed by atoms with van der Waals surface area (Å²) in [5.74, 6) is -0.916. The monoisotopic (exact) mass is 296 g/mol. The molecule has 4 heteroatoms. The average Bonchev–Trinajstić information content (AvgIpc) is 2.79. The van der Waals surface area contributed by atoms with Crippen LogP contribution in [0.25, 0.3) is 0 Å². The maximum absolute atomic E-state index is 14.5. The number of hydrogen-bond donors (Lipinski definition) is 1. The minimum absolute atomic E-state index is 0.0521. The number of anilines is 1. The van der Waals surface area contributed by atoms with E-state index in [1.54, 1.807) is 0 Å². The Balaban J connectivity index is 2.32. The zero-order valence-electron chi connectivity index (χ0n) is 13.2. The molecule has 2 nitrogen and oxygen atoms in total. The predicted molar refractivity (Wildman–Crippen MR) is 83.6 cm³/mol. The summed E-state index contributed by atoms with van der Waals surface area (Å²) < 4.78 is 29.0. The smallest absolute Gasteiger partial charge is 0.149 e. The Kier molecular flexibility index (Phi) is 5.20. The molecule has 0 saturated carbocycles. The van der Waals surface area contributed by atoms with E-state index in [4.69, 9.17) is 5.73 Å². The molecule has 118 valence electrons. The standard InChI is InChI=1S/C17H26F2N2/c1-4-13(20)8-12-9-15(18)17(16(19)10-12)21-11(3)6-7-14(21)5-2/h9-11,13-14H,4-8,20H2,1-3H3. The van der Waals surface area contributed by atoms with E-state index in [1.165, 1.54) is 12.1 Å². The predicted octanol–water partition coefficient (Wildman–Crippen LogP) is 4.01. The lowest BCUT2D eigenvalue weighted by atomic mass is 10.0. The lowest BCUT2D eigenvalue weighted by Gasteiger charge is -2.31. The maximum Gasteiger partial charge on any atom is 0.149 e. The van der Waals surface area contributed by atoms with Crippen molar-refractivity contribution in [3.8, 4) is 0 Å². The normalized spacial score (nSPS) is 23.6. The second-order valence-electron chi connectivity index (χ2n) is 6.18. The van der Waals surface area contributed by atoms with Gasteiger partial charge in [0.15, 0.2) is 0 Å². The number of benzene rings is 1. The zero-order chi connectivity index (χ0) is 15.6. The van der Waals surface area contributed by atoms with Crippen LogP contribution in [-0.4, -0.2) is 18.1 Å². The van der Waals surface area contributed by atoms with Crippen molar-refractivity contribution in [3.05, 3.63) is 29.3 Å². The van der Waals surface area contributed by atoms with Crippen LogP contribution in [0.2, 0.25) is 0 Å². The molecule has 1 aliphatic rings. The summed E-state index contributed by atoms with van der Waals surface area (Å²) in [6, 6.07) is 3.26. The van der Waals surface area contributed by atoms with Gasteiger partial charge in [0, 0.05) is 18.1 Å². The van der Waals surface area contributed by atoms with Gasteiger partial charge in [-0.15, -0.1) is 0 Å². The van der Waals surface area contributed by atoms with Crippen LogP contribution in [-0.2, 0) is 6.42 Å². The highest BCUT2D eigenvalue weighted by Crippen LogP contribution is 2.36. The Labute approximate surface area is 126 Å². The molecule has 1 aromatic carbocycles. The Morgan fingerprint density at radius 2 is 1.86 bits per heavy atom.